The van der Waals surface area contributed by atoms with Crippen LogP contribution in [0.15, 0.2) is 12.1 Å². The summed E-state index contributed by atoms with van der Waals surface area (Å²) in [4.78, 5) is 3.66. The minimum Gasteiger partial charge on any atom is -0.367 e. The van der Waals surface area contributed by atoms with Crippen molar-refractivity contribution in [3.05, 3.63) is 21.3 Å². The van der Waals surface area contributed by atoms with E-state index >= 15 is 0 Å². The molecule has 108 valence electrons. The molecule has 1 aliphatic heterocycles. The first-order valence-electron chi connectivity index (χ1n) is 6.62. The van der Waals surface area contributed by atoms with E-state index in [4.69, 9.17) is 22.1 Å². The molecule has 0 spiro atoms. The molecule has 0 aliphatic carbocycles. The van der Waals surface area contributed by atoms with Crippen molar-refractivity contribution in [1.29, 1.82) is 0 Å². The van der Waals surface area contributed by atoms with Gasteiger partial charge < -0.3 is 10.5 Å². The van der Waals surface area contributed by atoms with Crippen LogP contribution in [0.4, 0.5) is 0 Å². The summed E-state index contributed by atoms with van der Waals surface area (Å²) < 4.78 is 6.94. The molecule has 2 rings (SSSR count). The molecule has 5 heteroatoms. The summed E-state index contributed by atoms with van der Waals surface area (Å²) in [5.74, 6) is 0. The van der Waals surface area contributed by atoms with Gasteiger partial charge in [-0.3, -0.25) is 4.90 Å². The van der Waals surface area contributed by atoms with Crippen LogP contribution in [0.1, 0.15) is 38.6 Å². The Bertz CT molecular complexity index is 428. The molecule has 19 heavy (non-hydrogen) atoms. The van der Waals surface area contributed by atoms with E-state index in [1.807, 2.05) is 6.07 Å². The molecule has 1 aromatic rings. The summed E-state index contributed by atoms with van der Waals surface area (Å²) in [5, 5.41) is 0. The third kappa shape index (κ3) is 3.70. The smallest absolute Gasteiger partial charge is 0.0931 e. The second-order valence-corrected chi connectivity index (χ2v) is 8.17. The van der Waals surface area contributed by atoms with Crippen molar-refractivity contribution in [3.63, 3.8) is 0 Å². The van der Waals surface area contributed by atoms with Crippen molar-refractivity contribution in [2.45, 2.75) is 44.9 Å². The van der Waals surface area contributed by atoms with E-state index in [2.05, 4.69) is 38.7 Å². The predicted octanol–water partition coefficient (Wildman–Crippen LogP) is 3.29. The van der Waals surface area contributed by atoms with Crippen LogP contribution in [0.25, 0.3) is 0 Å². The average Bonchev–Trinajstić information content (AvgIpc) is 2.61. The van der Waals surface area contributed by atoms with Crippen molar-refractivity contribution in [1.82, 2.24) is 4.90 Å². The molecule has 1 aliphatic rings. The van der Waals surface area contributed by atoms with E-state index < -0.39 is 0 Å². The summed E-state index contributed by atoms with van der Waals surface area (Å²) in [6, 6.07) is 4.25. The number of morpholine rings is 1. The molecule has 1 fully saturated rings. The van der Waals surface area contributed by atoms with Crippen molar-refractivity contribution < 1.29 is 4.74 Å². The summed E-state index contributed by atoms with van der Waals surface area (Å²) in [5.41, 5.74) is 5.69. The minimum atomic E-state index is -0.157. The molecule has 1 aromatic heterocycles. The summed E-state index contributed by atoms with van der Waals surface area (Å²) in [6.45, 7) is 10.9. The lowest BCUT2D eigenvalue weighted by Crippen LogP contribution is -2.58. The van der Waals surface area contributed by atoms with Crippen LogP contribution in [-0.2, 0) is 4.74 Å². The Balaban J connectivity index is 2.23. The molecule has 1 atom stereocenters. The number of hydrogen-bond donors (Lipinski definition) is 1. The van der Waals surface area contributed by atoms with Gasteiger partial charge in [0.1, 0.15) is 0 Å². The Morgan fingerprint density at radius 2 is 1.89 bits per heavy atom. The maximum atomic E-state index is 6.12. The molecule has 2 N–H and O–H groups in total. The molecule has 0 bridgehead atoms. The fourth-order valence-corrected chi connectivity index (χ4v) is 4.23. The van der Waals surface area contributed by atoms with Gasteiger partial charge >= 0.3 is 0 Å². The SMILES string of the molecule is CC1(C)CN(C(CN)c2ccc(Cl)s2)CC(C)(C)O1. The third-order valence-corrected chi connectivity index (χ3v) is 4.64. The van der Waals surface area contributed by atoms with Gasteiger partial charge in [-0.25, -0.2) is 0 Å². The molecule has 1 saturated heterocycles. The predicted molar refractivity (Wildman–Crippen MR) is 81.9 cm³/mol. The second kappa shape index (κ2) is 5.34. The highest BCUT2D eigenvalue weighted by molar-refractivity contribution is 7.16. The Hall–Kier alpha value is -0.130. The molecule has 0 aromatic carbocycles. The van der Waals surface area contributed by atoms with Gasteiger partial charge in [0.05, 0.1) is 21.6 Å². The molecule has 3 nitrogen and oxygen atoms in total. The topological polar surface area (TPSA) is 38.5 Å². The van der Waals surface area contributed by atoms with Gasteiger partial charge in [0.25, 0.3) is 0 Å². The lowest BCUT2D eigenvalue weighted by molar-refractivity contribution is -0.187. The highest BCUT2D eigenvalue weighted by Gasteiger charge is 2.40. The summed E-state index contributed by atoms with van der Waals surface area (Å²) in [7, 11) is 0. The molecule has 2 heterocycles. The number of ether oxygens (including phenoxy) is 1. The zero-order valence-corrected chi connectivity index (χ0v) is 13.6. The molecular weight excluding hydrogens is 280 g/mol. The molecule has 1 unspecified atom stereocenters. The lowest BCUT2D eigenvalue weighted by atomic mass is 9.97. The lowest BCUT2D eigenvalue weighted by Gasteiger charge is -2.49. The summed E-state index contributed by atoms with van der Waals surface area (Å²) >= 11 is 7.66. The van der Waals surface area contributed by atoms with E-state index in [-0.39, 0.29) is 17.2 Å². The van der Waals surface area contributed by atoms with Gasteiger partial charge in [0.15, 0.2) is 0 Å². The van der Waals surface area contributed by atoms with Crippen LogP contribution in [-0.4, -0.2) is 35.7 Å². The fourth-order valence-electron chi connectivity index (χ4n) is 3.02. The highest BCUT2D eigenvalue weighted by Crippen LogP contribution is 2.36. The monoisotopic (exact) mass is 302 g/mol. The highest BCUT2D eigenvalue weighted by atomic mass is 35.5. The van der Waals surface area contributed by atoms with Gasteiger partial charge in [-0.2, -0.15) is 0 Å². The average molecular weight is 303 g/mol. The Labute approximate surface area is 124 Å². The van der Waals surface area contributed by atoms with E-state index in [1.54, 1.807) is 11.3 Å². The first kappa shape index (κ1) is 15.3. The van der Waals surface area contributed by atoms with Crippen LogP contribution >= 0.6 is 22.9 Å². The molecule has 0 amide bonds. The number of thiophene rings is 1. The minimum absolute atomic E-state index is 0.157. The van der Waals surface area contributed by atoms with E-state index in [1.165, 1.54) is 4.88 Å². The number of rotatable bonds is 3. The normalized spacial score (nSPS) is 24.3. The maximum absolute atomic E-state index is 6.12. The van der Waals surface area contributed by atoms with Gasteiger partial charge in [-0.15, -0.1) is 11.3 Å². The largest absolute Gasteiger partial charge is 0.367 e. The fraction of sp³-hybridized carbons (Fsp3) is 0.714. The number of halogens is 1. The Morgan fingerprint density at radius 3 is 2.32 bits per heavy atom. The van der Waals surface area contributed by atoms with Crippen LogP contribution in [0.5, 0.6) is 0 Å². The first-order chi connectivity index (χ1) is 8.72. The summed E-state index contributed by atoms with van der Waals surface area (Å²) in [6.07, 6.45) is 0. The molecule has 0 saturated carbocycles. The van der Waals surface area contributed by atoms with Crippen LogP contribution in [0.2, 0.25) is 4.34 Å². The van der Waals surface area contributed by atoms with Crippen molar-refractivity contribution >= 4 is 22.9 Å². The first-order valence-corrected chi connectivity index (χ1v) is 7.81. The number of hydrogen-bond acceptors (Lipinski definition) is 4. The second-order valence-electron chi connectivity index (χ2n) is 6.42. The Kier molecular flexibility index (Phi) is 4.29. The standard InChI is InChI=1S/C14H23ClN2OS/c1-13(2)8-17(9-14(3,4)18-13)10(7-16)11-5-6-12(15)19-11/h5-6,10H,7-9,16H2,1-4H3. The quantitative estimate of drug-likeness (QED) is 0.931. The number of nitrogens with zero attached hydrogens (tertiary/aromatic N) is 1. The van der Waals surface area contributed by atoms with Crippen LogP contribution in [0.3, 0.4) is 0 Å². The van der Waals surface area contributed by atoms with Gasteiger partial charge in [0, 0.05) is 24.5 Å². The zero-order valence-electron chi connectivity index (χ0n) is 12.1. The zero-order chi connectivity index (χ0) is 14.3. The van der Waals surface area contributed by atoms with Gasteiger partial charge in [-0.05, 0) is 39.8 Å². The van der Waals surface area contributed by atoms with Gasteiger partial charge in [-0.1, -0.05) is 11.6 Å². The Morgan fingerprint density at radius 1 is 1.32 bits per heavy atom. The number of nitrogens with two attached hydrogens (primary N) is 1. The van der Waals surface area contributed by atoms with Crippen LogP contribution in [0, 0.1) is 0 Å². The molecule has 0 radical (unpaired) electrons. The molecular formula is C14H23ClN2OS. The van der Waals surface area contributed by atoms with E-state index in [9.17, 15) is 0 Å². The van der Waals surface area contributed by atoms with Crippen molar-refractivity contribution in [2.75, 3.05) is 19.6 Å². The van der Waals surface area contributed by atoms with E-state index in [0.29, 0.717) is 6.54 Å². The maximum Gasteiger partial charge on any atom is 0.0931 e. The van der Waals surface area contributed by atoms with Crippen molar-refractivity contribution in [3.8, 4) is 0 Å². The van der Waals surface area contributed by atoms with Crippen molar-refractivity contribution in [2.24, 2.45) is 5.73 Å². The third-order valence-electron chi connectivity index (χ3n) is 3.31. The van der Waals surface area contributed by atoms with E-state index in [0.717, 1.165) is 17.4 Å². The van der Waals surface area contributed by atoms with Crippen LogP contribution < -0.4 is 5.73 Å². The van der Waals surface area contributed by atoms with Gasteiger partial charge in [0.2, 0.25) is 0 Å².